The molecule has 0 amide bonds. The number of ketones is 1. The monoisotopic (exact) mass is 607 g/mol. The largest absolute Gasteiger partial charge is 0.490 e. The SMILES string of the molecule is CCOc1cc([C@H]2C(C(=O)OC)=C(C)NC3=C2C(=O)c2ccccc23)cc(I)c1OCc1ccccc1. The highest BCUT2D eigenvalue weighted by Crippen LogP contribution is 2.48. The molecule has 0 aromatic heterocycles. The van der Waals surface area contributed by atoms with Gasteiger partial charge in [-0.3, -0.25) is 4.79 Å². The Bertz CT molecular complexity index is 1460. The molecule has 188 valence electrons. The molecule has 7 heteroatoms. The highest BCUT2D eigenvalue weighted by molar-refractivity contribution is 14.1. The maximum Gasteiger partial charge on any atom is 0.336 e. The van der Waals surface area contributed by atoms with Crippen LogP contribution >= 0.6 is 22.6 Å². The van der Waals surface area contributed by atoms with Gasteiger partial charge in [0.05, 0.1) is 28.6 Å². The lowest BCUT2D eigenvalue weighted by molar-refractivity contribution is -0.136. The number of halogens is 1. The number of rotatable bonds is 7. The molecule has 0 spiro atoms. The van der Waals surface area contributed by atoms with Crippen LogP contribution in [0, 0.1) is 3.57 Å². The van der Waals surface area contributed by atoms with Crippen LogP contribution in [0.3, 0.4) is 0 Å². The second-order valence-corrected chi connectivity index (χ2v) is 9.95. The first-order valence-corrected chi connectivity index (χ1v) is 13.1. The number of carbonyl (C=O) groups excluding carboxylic acids is 2. The molecular formula is C30H26INO5. The molecule has 0 bridgehead atoms. The van der Waals surface area contributed by atoms with Gasteiger partial charge in [-0.1, -0.05) is 54.6 Å². The van der Waals surface area contributed by atoms with Crippen LogP contribution in [0.4, 0.5) is 0 Å². The number of allylic oxidation sites excluding steroid dienone is 2. The van der Waals surface area contributed by atoms with Gasteiger partial charge in [0.15, 0.2) is 17.3 Å². The van der Waals surface area contributed by atoms with Crippen molar-refractivity contribution in [1.82, 2.24) is 5.32 Å². The molecule has 0 saturated carbocycles. The molecule has 6 nitrogen and oxygen atoms in total. The lowest BCUT2D eigenvalue weighted by Crippen LogP contribution is -2.29. The van der Waals surface area contributed by atoms with Crippen LogP contribution in [-0.2, 0) is 16.1 Å². The smallest absolute Gasteiger partial charge is 0.336 e. The quantitative estimate of drug-likeness (QED) is 0.262. The maximum atomic E-state index is 13.7. The van der Waals surface area contributed by atoms with E-state index in [2.05, 4.69) is 27.9 Å². The number of dihydropyridines is 1. The topological polar surface area (TPSA) is 73.9 Å². The average molecular weight is 607 g/mol. The van der Waals surface area contributed by atoms with E-state index in [1.807, 2.05) is 80.6 Å². The van der Waals surface area contributed by atoms with Crippen LogP contribution in [0.1, 0.15) is 46.8 Å². The predicted molar refractivity (Wildman–Crippen MR) is 149 cm³/mol. The summed E-state index contributed by atoms with van der Waals surface area (Å²) in [5.41, 5.74) is 5.56. The first-order valence-electron chi connectivity index (χ1n) is 12.0. The second-order valence-electron chi connectivity index (χ2n) is 8.79. The minimum absolute atomic E-state index is 0.102. The van der Waals surface area contributed by atoms with E-state index < -0.39 is 11.9 Å². The standard InChI is InChI=1S/C30H26INO5/c1-4-36-23-15-19(14-22(31)29(23)37-16-18-10-6-5-7-11-18)25-24(30(34)35-3)17(2)32-27-20-12-8-9-13-21(20)28(33)26(25)27/h5-15,25,32H,4,16H2,1-3H3/t25-/m0/s1. The van der Waals surface area contributed by atoms with Crippen LogP contribution in [-0.4, -0.2) is 25.5 Å². The molecule has 1 heterocycles. The fourth-order valence-corrected chi connectivity index (χ4v) is 5.71. The molecule has 1 N–H and O–H groups in total. The number of ether oxygens (including phenoxy) is 3. The van der Waals surface area contributed by atoms with Crippen LogP contribution in [0.5, 0.6) is 11.5 Å². The van der Waals surface area contributed by atoms with E-state index in [9.17, 15) is 9.59 Å². The number of esters is 1. The van der Waals surface area contributed by atoms with Gasteiger partial charge in [0.2, 0.25) is 0 Å². The number of carbonyl (C=O) groups is 2. The van der Waals surface area contributed by atoms with Crippen molar-refractivity contribution in [3.8, 4) is 11.5 Å². The summed E-state index contributed by atoms with van der Waals surface area (Å²) in [6, 6.07) is 21.2. The fraction of sp³-hybridized carbons (Fsp3) is 0.200. The van der Waals surface area contributed by atoms with E-state index in [1.165, 1.54) is 7.11 Å². The molecule has 5 rings (SSSR count). The Labute approximate surface area is 229 Å². The minimum atomic E-state index is -0.625. The normalized spacial score (nSPS) is 16.2. The number of nitrogens with one attached hydrogen (secondary N) is 1. The summed E-state index contributed by atoms with van der Waals surface area (Å²) in [5.74, 6) is -0.0260. The zero-order valence-corrected chi connectivity index (χ0v) is 22.9. The van der Waals surface area contributed by atoms with Crippen LogP contribution in [0.15, 0.2) is 83.6 Å². The molecule has 0 fully saturated rings. The molecule has 1 aliphatic heterocycles. The van der Waals surface area contributed by atoms with Crippen molar-refractivity contribution in [3.05, 3.63) is 109 Å². The van der Waals surface area contributed by atoms with Crippen molar-refractivity contribution in [2.45, 2.75) is 26.4 Å². The summed E-state index contributed by atoms with van der Waals surface area (Å²) in [5, 5.41) is 3.31. The Hall–Kier alpha value is -3.59. The van der Waals surface area contributed by atoms with Crippen molar-refractivity contribution in [1.29, 1.82) is 0 Å². The lowest BCUT2D eigenvalue weighted by Gasteiger charge is -2.29. The van der Waals surface area contributed by atoms with Crippen LogP contribution in [0.25, 0.3) is 5.70 Å². The lowest BCUT2D eigenvalue weighted by atomic mass is 9.79. The molecule has 0 radical (unpaired) electrons. The number of hydrogen-bond donors (Lipinski definition) is 1. The molecule has 2 aliphatic rings. The zero-order valence-electron chi connectivity index (χ0n) is 20.8. The van der Waals surface area contributed by atoms with Gasteiger partial charge in [0.25, 0.3) is 0 Å². The third kappa shape index (κ3) is 4.52. The summed E-state index contributed by atoms with van der Waals surface area (Å²) in [7, 11) is 1.35. The molecular weight excluding hydrogens is 581 g/mol. The third-order valence-electron chi connectivity index (χ3n) is 6.55. The van der Waals surface area contributed by atoms with Gasteiger partial charge in [-0.25, -0.2) is 4.79 Å². The van der Waals surface area contributed by atoms with Crippen molar-refractivity contribution >= 4 is 40.0 Å². The van der Waals surface area contributed by atoms with Gasteiger partial charge in [-0.05, 0) is 59.7 Å². The zero-order chi connectivity index (χ0) is 26.1. The Morgan fingerprint density at radius 1 is 1.00 bits per heavy atom. The highest BCUT2D eigenvalue weighted by Gasteiger charge is 2.43. The van der Waals surface area contributed by atoms with Gasteiger partial charge in [-0.2, -0.15) is 0 Å². The Morgan fingerprint density at radius 3 is 2.41 bits per heavy atom. The Morgan fingerprint density at radius 2 is 1.70 bits per heavy atom. The Kier molecular flexibility index (Phi) is 7.06. The number of benzene rings is 3. The average Bonchev–Trinajstić information content (AvgIpc) is 3.19. The van der Waals surface area contributed by atoms with Crippen molar-refractivity contribution < 1.29 is 23.8 Å². The molecule has 3 aromatic rings. The number of Topliss-reactive ketones (excluding diaryl/α,β-unsaturated/α-hetero) is 1. The minimum Gasteiger partial charge on any atom is -0.490 e. The maximum absolute atomic E-state index is 13.7. The molecule has 3 aromatic carbocycles. The number of methoxy groups -OCH3 is 1. The highest BCUT2D eigenvalue weighted by atomic mass is 127. The first kappa shape index (κ1) is 25.1. The van der Waals surface area contributed by atoms with Gasteiger partial charge in [-0.15, -0.1) is 0 Å². The van der Waals surface area contributed by atoms with E-state index in [0.29, 0.717) is 47.1 Å². The van der Waals surface area contributed by atoms with Crippen molar-refractivity contribution in [2.24, 2.45) is 0 Å². The summed E-state index contributed by atoms with van der Waals surface area (Å²) < 4.78 is 18.2. The first-order chi connectivity index (χ1) is 17.9. The van der Waals surface area contributed by atoms with Gasteiger partial charge in [0.1, 0.15) is 6.61 Å². The molecule has 1 atom stereocenters. The van der Waals surface area contributed by atoms with Gasteiger partial charge in [0, 0.05) is 28.3 Å². The second kappa shape index (κ2) is 10.4. The van der Waals surface area contributed by atoms with E-state index in [-0.39, 0.29) is 5.78 Å². The summed E-state index contributed by atoms with van der Waals surface area (Å²) >= 11 is 2.22. The molecule has 1 aliphatic carbocycles. The van der Waals surface area contributed by atoms with Crippen LogP contribution in [0.2, 0.25) is 0 Å². The molecule has 0 saturated heterocycles. The van der Waals surface area contributed by atoms with E-state index in [1.54, 1.807) is 0 Å². The summed E-state index contributed by atoms with van der Waals surface area (Å²) in [6.45, 7) is 4.57. The predicted octanol–water partition coefficient (Wildman–Crippen LogP) is 6.01. The summed E-state index contributed by atoms with van der Waals surface area (Å²) in [6.07, 6.45) is 0. The molecule has 37 heavy (non-hydrogen) atoms. The van der Waals surface area contributed by atoms with E-state index in [4.69, 9.17) is 14.2 Å². The van der Waals surface area contributed by atoms with Gasteiger partial charge >= 0.3 is 5.97 Å². The Balaban J connectivity index is 1.63. The molecule has 0 unspecified atom stereocenters. The van der Waals surface area contributed by atoms with Crippen molar-refractivity contribution in [2.75, 3.05) is 13.7 Å². The van der Waals surface area contributed by atoms with Crippen molar-refractivity contribution in [3.63, 3.8) is 0 Å². The number of fused-ring (bicyclic) bond motifs is 2. The number of hydrogen-bond acceptors (Lipinski definition) is 6. The van der Waals surface area contributed by atoms with E-state index >= 15 is 0 Å². The van der Waals surface area contributed by atoms with E-state index in [0.717, 1.165) is 26.0 Å². The summed E-state index contributed by atoms with van der Waals surface area (Å²) in [4.78, 5) is 26.7. The van der Waals surface area contributed by atoms with Gasteiger partial charge < -0.3 is 19.5 Å². The third-order valence-corrected chi connectivity index (χ3v) is 7.35. The van der Waals surface area contributed by atoms with Crippen LogP contribution < -0.4 is 14.8 Å². The fourth-order valence-electron chi connectivity index (χ4n) is 4.93.